The summed E-state index contributed by atoms with van der Waals surface area (Å²) in [7, 11) is 0. The Morgan fingerprint density at radius 1 is 1.50 bits per heavy atom. The maximum absolute atomic E-state index is 10.6. The lowest BCUT2D eigenvalue weighted by atomic mass is 10.3. The number of rotatable bonds is 5. The van der Waals surface area contributed by atoms with Gasteiger partial charge in [-0.15, -0.1) is 0 Å². The quantitative estimate of drug-likeness (QED) is 0.626. The Labute approximate surface area is 71.1 Å². The molecular formula is C7H14N2O3. The van der Waals surface area contributed by atoms with E-state index in [0.717, 1.165) is 0 Å². The van der Waals surface area contributed by atoms with Crippen LogP contribution in [0.1, 0.15) is 19.8 Å². The molecule has 0 aromatic carbocycles. The zero-order chi connectivity index (χ0) is 9.56. The van der Waals surface area contributed by atoms with E-state index < -0.39 is 12.0 Å². The van der Waals surface area contributed by atoms with Crippen molar-refractivity contribution < 1.29 is 14.7 Å². The number of carbonyl (C=O) groups excluding carboxylic acids is 1. The normalized spacial score (nSPS) is 9.42. The van der Waals surface area contributed by atoms with Crippen LogP contribution >= 0.6 is 0 Å². The Kier molecular flexibility index (Phi) is 4.83. The van der Waals surface area contributed by atoms with E-state index >= 15 is 0 Å². The van der Waals surface area contributed by atoms with Crippen molar-refractivity contribution in [2.45, 2.75) is 19.8 Å². The molecule has 0 saturated heterocycles. The van der Waals surface area contributed by atoms with E-state index in [2.05, 4.69) is 0 Å². The highest BCUT2D eigenvalue weighted by Crippen LogP contribution is 1.94. The molecule has 0 aliphatic rings. The van der Waals surface area contributed by atoms with E-state index in [9.17, 15) is 9.59 Å². The minimum atomic E-state index is -0.851. The fourth-order valence-electron chi connectivity index (χ4n) is 0.845. The summed E-state index contributed by atoms with van der Waals surface area (Å²) < 4.78 is 0. The molecular weight excluding hydrogens is 160 g/mol. The number of carboxylic acid groups (broad SMARTS) is 1. The smallest absolute Gasteiger partial charge is 0.314 e. The van der Waals surface area contributed by atoms with Crippen molar-refractivity contribution in [2.75, 3.05) is 13.1 Å². The molecule has 0 saturated carbocycles. The molecule has 12 heavy (non-hydrogen) atoms. The third kappa shape index (κ3) is 4.54. The molecule has 3 N–H and O–H groups in total. The first-order valence-corrected chi connectivity index (χ1v) is 3.84. The van der Waals surface area contributed by atoms with Crippen LogP contribution in [-0.2, 0) is 4.79 Å². The Balaban J connectivity index is 3.59. The topological polar surface area (TPSA) is 83.6 Å². The summed E-state index contributed by atoms with van der Waals surface area (Å²) in [5.74, 6) is -0.851. The molecule has 0 radical (unpaired) electrons. The largest absolute Gasteiger partial charge is 0.481 e. The molecule has 5 heteroatoms. The van der Waals surface area contributed by atoms with Gasteiger partial charge in [0, 0.05) is 19.5 Å². The van der Waals surface area contributed by atoms with Gasteiger partial charge in [-0.25, -0.2) is 4.79 Å². The molecule has 0 rings (SSSR count). The maximum atomic E-state index is 10.6. The van der Waals surface area contributed by atoms with Crippen LogP contribution < -0.4 is 5.73 Å². The Morgan fingerprint density at radius 2 is 2.08 bits per heavy atom. The predicted octanol–water partition coefficient (Wildman–Crippen LogP) is 0.252. The number of nitrogens with zero attached hydrogens (tertiary/aromatic N) is 1. The Hall–Kier alpha value is -1.26. The molecule has 0 aromatic rings. The average Bonchev–Trinajstić information content (AvgIpc) is 1.96. The van der Waals surface area contributed by atoms with Crippen LogP contribution in [0.5, 0.6) is 0 Å². The third-order valence-corrected chi connectivity index (χ3v) is 1.51. The SMILES string of the molecule is CCN(CCCC(=O)O)C(N)=O. The molecule has 0 unspecified atom stereocenters. The van der Waals surface area contributed by atoms with Crippen molar-refractivity contribution in [3.63, 3.8) is 0 Å². The van der Waals surface area contributed by atoms with Crippen LogP contribution in [0.2, 0.25) is 0 Å². The molecule has 0 aliphatic heterocycles. The minimum Gasteiger partial charge on any atom is -0.481 e. The standard InChI is InChI=1S/C7H14N2O3/c1-2-9(7(8)12)5-3-4-6(10)11/h2-5H2,1H3,(H2,8,12)(H,10,11). The first-order chi connectivity index (χ1) is 5.57. The number of primary amides is 1. The zero-order valence-electron chi connectivity index (χ0n) is 7.12. The van der Waals surface area contributed by atoms with Crippen LogP contribution in [-0.4, -0.2) is 35.1 Å². The van der Waals surface area contributed by atoms with E-state index in [1.54, 1.807) is 6.92 Å². The van der Waals surface area contributed by atoms with Crippen LogP contribution in [0.25, 0.3) is 0 Å². The summed E-state index contributed by atoms with van der Waals surface area (Å²) in [6, 6.07) is -0.497. The van der Waals surface area contributed by atoms with E-state index in [4.69, 9.17) is 10.8 Å². The van der Waals surface area contributed by atoms with Crippen molar-refractivity contribution in [2.24, 2.45) is 5.73 Å². The molecule has 0 heterocycles. The molecule has 0 aromatic heterocycles. The van der Waals surface area contributed by atoms with Gasteiger partial charge in [-0.05, 0) is 13.3 Å². The van der Waals surface area contributed by atoms with Gasteiger partial charge in [0.05, 0.1) is 0 Å². The molecule has 0 bridgehead atoms. The van der Waals surface area contributed by atoms with Gasteiger partial charge in [-0.1, -0.05) is 0 Å². The summed E-state index contributed by atoms with van der Waals surface area (Å²) >= 11 is 0. The number of amides is 2. The molecule has 0 aliphatic carbocycles. The van der Waals surface area contributed by atoms with Gasteiger partial charge in [-0.3, -0.25) is 4.79 Å². The summed E-state index contributed by atoms with van der Waals surface area (Å²) in [6.45, 7) is 2.73. The number of aliphatic carboxylic acids is 1. The van der Waals surface area contributed by atoms with E-state index in [1.807, 2.05) is 0 Å². The molecule has 5 nitrogen and oxygen atoms in total. The number of urea groups is 1. The predicted molar refractivity (Wildman–Crippen MR) is 43.7 cm³/mol. The van der Waals surface area contributed by atoms with E-state index in [-0.39, 0.29) is 6.42 Å². The second kappa shape index (κ2) is 5.40. The van der Waals surface area contributed by atoms with Crippen molar-refractivity contribution in [1.29, 1.82) is 0 Å². The van der Waals surface area contributed by atoms with Gasteiger partial charge < -0.3 is 15.7 Å². The van der Waals surface area contributed by atoms with Crippen molar-refractivity contribution in [1.82, 2.24) is 4.90 Å². The first kappa shape index (κ1) is 10.7. The summed E-state index contributed by atoms with van der Waals surface area (Å²) in [5, 5.41) is 8.30. The number of carboxylic acids is 1. The highest BCUT2D eigenvalue weighted by atomic mass is 16.4. The van der Waals surface area contributed by atoms with Gasteiger partial charge in [0.15, 0.2) is 0 Å². The van der Waals surface area contributed by atoms with Gasteiger partial charge in [-0.2, -0.15) is 0 Å². The Bertz CT molecular complexity index is 170. The van der Waals surface area contributed by atoms with Gasteiger partial charge in [0.2, 0.25) is 0 Å². The van der Waals surface area contributed by atoms with Crippen molar-refractivity contribution in [3.05, 3.63) is 0 Å². The minimum absolute atomic E-state index is 0.0732. The summed E-state index contributed by atoms with van der Waals surface area (Å²) in [4.78, 5) is 22.1. The Morgan fingerprint density at radius 3 is 2.42 bits per heavy atom. The molecule has 2 amide bonds. The molecule has 0 atom stereocenters. The highest BCUT2D eigenvalue weighted by Gasteiger charge is 2.06. The first-order valence-electron chi connectivity index (χ1n) is 3.84. The number of hydrogen-bond donors (Lipinski definition) is 2. The summed E-state index contributed by atoms with van der Waals surface area (Å²) in [5.41, 5.74) is 5.00. The third-order valence-electron chi connectivity index (χ3n) is 1.51. The van der Waals surface area contributed by atoms with Gasteiger partial charge in [0.25, 0.3) is 0 Å². The lowest BCUT2D eigenvalue weighted by Gasteiger charge is -2.16. The number of carbonyl (C=O) groups is 2. The fraction of sp³-hybridized carbons (Fsp3) is 0.714. The lowest BCUT2D eigenvalue weighted by molar-refractivity contribution is -0.137. The monoisotopic (exact) mass is 174 g/mol. The van der Waals surface area contributed by atoms with E-state index in [1.165, 1.54) is 4.90 Å². The molecule has 70 valence electrons. The van der Waals surface area contributed by atoms with Crippen molar-refractivity contribution >= 4 is 12.0 Å². The number of nitrogens with two attached hydrogens (primary N) is 1. The molecule has 0 fully saturated rings. The number of hydrogen-bond acceptors (Lipinski definition) is 2. The van der Waals surface area contributed by atoms with Crippen LogP contribution in [0, 0.1) is 0 Å². The van der Waals surface area contributed by atoms with Gasteiger partial charge >= 0.3 is 12.0 Å². The average molecular weight is 174 g/mol. The van der Waals surface area contributed by atoms with Crippen LogP contribution in [0.3, 0.4) is 0 Å². The van der Waals surface area contributed by atoms with Crippen LogP contribution in [0.4, 0.5) is 4.79 Å². The van der Waals surface area contributed by atoms with Crippen LogP contribution in [0.15, 0.2) is 0 Å². The van der Waals surface area contributed by atoms with Gasteiger partial charge in [0.1, 0.15) is 0 Å². The zero-order valence-corrected chi connectivity index (χ0v) is 7.12. The second-order valence-electron chi connectivity index (χ2n) is 2.42. The summed E-state index contributed by atoms with van der Waals surface area (Å²) in [6.07, 6.45) is 0.524. The highest BCUT2D eigenvalue weighted by molar-refractivity contribution is 5.72. The lowest BCUT2D eigenvalue weighted by Crippen LogP contribution is -2.36. The van der Waals surface area contributed by atoms with E-state index in [0.29, 0.717) is 19.5 Å². The molecule has 0 spiro atoms. The maximum Gasteiger partial charge on any atom is 0.314 e. The van der Waals surface area contributed by atoms with Crippen molar-refractivity contribution in [3.8, 4) is 0 Å². The fourth-order valence-corrected chi connectivity index (χ4v) is 0.845. The second-order valence-corrected chi connectivity index (χ2v) is 2.42.